The van der Waals surface area contributed by atoms with E-state index in [0.29, 0.717) is 0 Å². The summed E-state index contributed by atoms with van der Waals surface area (Å²) >= 11 is 0. The Hall–Kier alpha value is -1.74. The van der Waals surface area contributed by atoms with E-state index in [2.05, 4.69) is 0 Å². The molecule has 0 bridgehead atoms. The van der Waals surface area contributed by atoms with Crippen LogP contribution in [0.25, 0.3) is 0 Å². The van der Waals surface area contributed by atoms with Gasteiger partial charge >= 0.3 is 6.18 Å². The molecule has 0 saturated carbocycles. The van der Waals surface area contributed by atoms with Crippen molar-refractivity contribution in [3.05, 3.63) is 29.3 Å². The lowest BCUT2D eigenvalue weighted by molar-refractivity contribution is -0.139. The number of rotatable bonds is 3. The Balaban J connectivity index is 3.17. The summed E-state index contributed by atoms with van der Waals surface area (Å²) in [6, 6.07) is 4.82. The zero-order valence-corrected chi connectivity index (χ0v) is 9.08. The molecule has 1 unspecified atom stereocenters. The maximum atomic E-state index is 12.7. The van der Waals surface area contributed by atoms with Gasteiger partial charge in [-0.15, -0.1) is 0 Å². The predicted octanol–water partition coefficient (Wildman–Crippen LogP) is 2.30. The van der Waals surface area contributed by atoms with Crippen LogP contribution in [0.1, 0.15) is 18.1 Å². The van der Waals surface area contributed by atoms with Crippen molar-refractivity contribution in [2.75, 3.05) is 6.54 Å². The lowest BCUT2D eigenvalue weighted by atomic mass is 10.1. The zero-order chi connectivity index (χ0) is 13.1. The van der Waals surface area contributed by atoms with Gasteiger partial charge in [0, 0.05) is 6.54 Å². The quantitative estimate of drug-likeness (QED) is 0.887. The number of benzene rings is 1. The van der Waals surface area contributed by atoms with E-state index in [0.717, 1.165) is 12.1 Å². The first-order valence-electron chi connectivity index (χ1n) is 4.86. The van der Waals surface area contributed by atoms with E-state index in [1.54, 1.807) is 13.0 Å². The molecule has 1 aromatic rings. The van der Waals surface area contributed by atoms with Crippen LogP contribution in [0.15, 0.2) is 18.2 Å². The normalized spacial score (nSPS) is 12.9. The van der Waals surface area contributed by atoms with E-state index < -0.39 is 17.8 Å². The Morgan fingerprint density at radius 2 is 2.12 bits per heavy atom. The van der Waals surface area contributed by atoms with Crippen molar-refractivity contribution in [2.24, 2.45) is 5.73 Å². The van der Waals surface area contributed by atoms with Crippen LogP contribution in [0.4, 0.5) is 13.2 Å². The smallest absolute Gasteiger partial charge is 0.420 e. The predicted molar refractivity (Wildman–Crippen MR) is 55.3 cm³/mol. The van der Waals surface area contributed by atoms with Crippen molar-refractivity contribution in [2.45, 2.75) is 19.2 Å². The van der Waals surface area contributed by atoms with Gasteiger partial charge < -0.3 is 10.5 Å². The second kappa shape index (κ2) is 5.06. The van der Waals surface area contributed by atoms with E-state index >= 15 is 0 Å². The van der Waals surface area contributed by atoms with E-state index in [1.807, 2.05) is 0 Å². The Kier molecular flexibility index (Phi) is 3.97. The molecule has 1 atom stereocenters. The van der Waals surface area contributed by atoms with Crippen LogP contribution in [0, 0.1) is 11.3 Å². The van der Waals surface area contributed by atoms with E-state index in [9.17, 15) is 13.2 Å². The number of nitrogens with two attached hydrogens (primary N) is 1. The maximum absolute atomic E-state index is 12.7. The molecule has 1 rings (SSSR count). The van der Waals surface area contributed by atoms with Crippen LogP contribution >= 0.6 is 0 Å². The topological polar surface area (TPSA) is 59.0 Å². The lowest BCUT2D eigenvalue weighted by Gasteiger charge is -2.17. The molecule has 0 aliphatic rings. The highest BCUT2D eigenvalue weighted by Gasteiger charge is 2.35. The zero-order valence-electron chi connectivity index (χ0n) is 9.08. The van der Waals surface area contributed by atoms with Gasteiger partial charge in [0.05, 0.1) is 17.2 Å². The SMILES string of the molecule is CC(CN)Oc1ccc(C#N)cc1C(F)(F)F. The molecular formula is C11H11F3N2O. The van der Waals surface area contributed by atoms with E-state index in [-0.39, 0.29) is 17.9 Å². The van der Waals surface area contributed by atoms with Crippen molar-refractivity contribution >= 4 is 0 Å². The number of hydrogen-bond acceptors (Lipinski definition) is 3. The summed E-state index contributed by atoms with van der Waals surface area (Å²) in [5.74, 6) is -0.311. The Bertz CT molecular complexity index is 437. The van der Waals surface area contributed by atoms with E-state index in [4.69, 9.17) is 15.7 Å². The van der Waals surface area contributed by atoms with Crippen LogP contribution in [-0.2, 0) is 6.18 Å². The fourth-order valence-electron chi connectivity index (χ4n) is 1.19. The lowest BCUT2D eigenvalue weighted by Crippen LogP contribution is -2.24. The third-order valence-electron chi connectivity index (χ3n) is 2.07. The molecule has 92 valence electrons. The summed E-state index contributed by atoms with van der Waals surface area (Å²) in [6.07, 6.45) is -5.08. The molecule has 1 aromatic carbocycles. The van der Waals surface area contributed by atoms with Gasteiger partial charge in [-0.2, -0.15) is 18.4 Å². The van der Waals surface area contributed by atoms with Crippen molar-refractivity contribution in [3.8, 4) is 11.8 Å². The summed E-state index contributed by atoms with van der Waals surface area (Å²) in [5, 5.41) is 8.57. The number of alkyl halides is 3. The van der Waals surface area contributed by atoms with Crippen LogP contribution in [-0.4, -0.2) is 12.6 Å². The molecule has 0 aromatic heterocycles. The van der Waals surface area contributed by atoms with Gasteiger partial charge in [0.2, 0.25) is 0 Å². The number of halogens is 3. The summed E-state index contributed by atoms with van der Waals surface area (Å²) in [7, 11) is 0. The van der Waals surface area contributed by atoms with Gasteiger partial charge in [-0.05, 0) is 25.1 Å². The average molecular weight is 244 g/mol. The monoisotopic (exact) mass is 244 g/mol. The number of hydrogen-bond donors (Lipinski definition) is 1. The molecule has 6 heteroatoms. The summed E-state index contributed by atoms with van der Waals surface area (Å²) < 4.78 is 43.2. The molecule has 0 aliphatic carbocycles. The number of nitrogens with zero attached hydrogens (tertiary/aromatic N) is 1. The Morgan fingerprint density at radius 1 is 1.47 bits per heavy atom. The molecular weight excluding hydrogens is 233 g/mol. The van der Waals surface area contributed by atoms with Gasteiger partial charge in [-0.3, -0.25) is 0 Å². The average Bonchev–Trinajstić information content (AvgIpc) is 2.28. The maximum Gasteiger partial charge on any atom is 0.420 e. The Morgan fingerprint density at radius 3 is 2.59 bits per heavy atom. The molecule has 2 N–H and O–H groups in total. The van der Waals surface area contributed by atoms with Gasteiger partial charge in [0.25, 0.3) is 0 Å². The van der Waals surface area contributed by atoms with Crippen LogP contribution in [0.3, 0.4) is 0 Å². The third kappa shape index (κ3) is 3.36. The first kappa shape index (κ1) is 13.3. The second-order valence-corrected chi connectivity index (χ2v) is 3.48. The highest BCUT2D eigenvalue weighted by Crippen LogP contribution is 2.37. The van der Waals surface area contributed by atoms with Crippen molar-refractivity contribution in [3.63, 3.8) is 0 Å². The molecule has 0 spiro atoms. The molecule has 0 aliphatic heterocycles. The summed E-state index contributed by atoms with van der Waals surface area (Å²) in [5.41, 5.74) is 4.25. The minimum atomic E-state index is -4.56. The Labute approximate surface area is 96.6 Å². The summed E-state index contributed by atoms with van der Waals surface area (Å²) in [4.78, 5) is 0. The molecule has 17 heavy (non-hydrogen) atoms. The van der Waals surface area contributed by atoms with Gasteiger partial charge in [-0.1, -0.05) is 0 Å². The number of nitriles is 1. The third-order valence-corrected chi connectivity index (χ3v) is 2.07. The van der Waals surface area contributed by atoms with Crippen LogP contribution in [0.5, 0.6) is 5.75 Å². The minimum absolute atomic E-state index is 0.0647. The minimum Gasteiger partial charge on any atom is -0.489 e. The molecule has 0 amide bonds. The standard InChI is InChI=1S/C11H11F3N2O/c1-7(5-15)17-10-3-2-8(6-16)4-9(10)11(12,13)14/h2-4,7H,5,15H2,1H3. The highest BCUT2D eigenvalue weighted by molar-refractivity contribution is 5.43. The molecule has 0 radical (unpaired) electrons. The molecule has 0 fully saturated rings. The highest BCUT2D eigenvalue weighted by atomic mass is 19.4. The van der Waals surface area contributed by atoms with Crippen molar-refractivity contribution < 1.29 is 17.9 Å². The first-order chi connectivity index (χ1) is 7.88. The van der Waals surface area contributed by atoms with Crippen molar-refractivity contribution in [1.29, 1.82) is 5.26 Å². The van der Waals surface area contributed by atoms with E-state index in [1.165, 1.54) is 6.07 Å². The van der Waals surface area contributed by atoms with Gasteiger partial charge in [0.15, 0.2) is 0 Å². The van der Waals surface area contributed by atoms with Gasteiger partial charge in [-0.25, -0.2) is 0 Å². The van der Waals surface area contributed by atoms with Gasteiger partial charge in [0.1, 0.15) is 11.9 Å². The molecule has 0 saturated heterocycles. The van der Waals surface area contributed by atoms with Crippen LogP contribution < -0.4 is 10.5 Å². The fraction of sp³-hybridized carbons (Fsp3) is 0.364. The molecule has 3 nitrogen and oxygen atoms in total. The fourth-order valence-corrected chi connectivity index (χ4v) is 1.19. The van der Waals surface area contributed by atoms with Crippen molar-refractivity contribution in [1.82, 2.24) is 0 Å². The first-order valence-corrected chi connectivity index (χ1v) is 4.86. The molecule has 0 heterocycles. The van der Waals surface area contributed by atoms with Crippen LogP contribution in [0.2, 0.25) is 0 Å². The number of ether oxygens (including phenoxy) is 1. The largest absolute Gasteiger partial charge is 0.489 e. The summed E-state index contributed by atoms with van der Waals surface area (Å²) in [6.45, 7) is 1.68. The second-order valence-electron chi connectivity index (χ2n) is 3.48.